The van der Waals surface area contributed by atoms with Gasteiger partial charge >= 0.3 is 0 Å². The van der Waals surface area contributed by atoms with Crippen LogP contribution in [0.4, 0.5) is 5.69 Å². The van der Waals surface area contributed by atoms with E-state index in [0.717, 1.165) is 22.1 Å². The summed E-state index contributed by atoms with van der Waals surface area (Å²) in [4.78, 5) is 11.5. The number of rotatable bonds is 1. The van der Waals surface area contributed by atoms with E-state index in [1.54, 1.807) is 0 Å². The molecule has 1 aromatic rings. The van der Waals surface area contributed by atoms with Crippen LogP contribution in [-0.2, 0) is 11.2 Å². The molecule has 0 bridgehead atoms. The number of anilines is 1. The first kappa shape index (κ1) is 9.68. The molecule has 1 aromatic carbocycles. The standard InChI is InChI=1S/C10H11BrN2O/c11-8-3-1-2-6-4-7(5-12)10(14)13-9(6)8/h1-3,7H,4-5,12H2,(H,13,14). The zero-order valence-corrected chi connectivity index (χ0v) is 9.17. The highest BCUT2D eigenvalue weighted by Gasteiger charge is 2.25. The van der Waals surface area contributed by atoms with Crippen molar-refractivity contribution >= 4 is 27.5 Å². The second kappa shape index (κ2) is 3.71. The van der Waals surface area contributed by atoms with Crippen LogP contribution in [0.15, 0.2) is 22.7 Å². The number of nitrogens with one attached hydrogen (secondary N) is 1. The summed E-state index contributed by atoms with van der Waals surface area (Å²) in [5.41, 5.74) is 7.55. The summed E-state index contributed by atoms with van der Waals surface area (Å²) in [6, 6.07) is 5.90. The van der Waals surface area contributed by atoms with Gasteiger partial charge in [0.05, 0.1) is 11.6 Å². The molecular weight excluding hydrogens is 244 g/mol. The maximum Gasteiger partial charge on any atom is 0.229 e. The van der Waals surface area contributed by atoms with Gasteiger partial charge in [-0.3, -0.25) is 4.79 Å². The lowest BCUT2D eigenvalue weighted by atomic mass is 9.93. The van der Waals surface area contributed by atoms with Gasteiger partial charge in [0.2, 0.25) is 5.91 Å². The van der Waals surface area contributed by atoms with Crippen molar-refractivity contribution in [1.29, 1.82) is 0 Å². The molecule has 0 fully saturated rings. The predicted molar refractivity (Wildman–Crippen MR) is 59.0 cm³/mol. The summed E-state index contributed by atoms with van der Waals surface area (Å²) in [7, 11) is 0. The zero-order valence-electron chi connectivity index (χ0n) is 7.59. The maximum absolute atomic E-state index is 11.5. The summed E-state index contributed by atoms with van der Waals surface area (Å²) in [6.45, 7) is 0.401. The third-order valence-electron chi connectivity index (χ3n) is 2.47. The van der Waals surface area contributed by atoms with Crippen molar-refractivity contribution in [2.24, 2.45) is 11.7 Å². The number of para-hydroxylation sites is 1. The fourth-order valence-corrected chi connectivity index (χ4v) is 2.16. The summed E-state index contributed by atoms with van der Waals surface area (Å²) >= 11 is 3.41. The molecular formula is C10H11BrN2O. The fourth-order valence-electron chi connectivity index (χ4n) is 1.65. The highest BCUT2D eigenvalue weighted by atomic mass is 79.9. The molecule has 1 atom stereocenters. The summed E-state index contributed by atoms with van der Waals surface area (Å²) < 4.78 is 0.929. The van der Waals surface area contributed by atoms with Gasteiger partial charge in [-0.15, -0.1) is 0 Å². The maximum atomic E-state index is 11.5. The van der Waals surface area contributed by atoms with Crippen LogP contribution < -0.4 is 11.1 Å². The van der Waals surface area contributed by atoms with Gasteiger partial charge in [0.15, 0.2) is 0 Å². The van der Waals surface area contributed by atoms with Crippen molar-refractivity contribution in [2.75, 3.05) is 11.9 Å². The number of benzene rings is 1. The largest absolute Gasteiger partial charge is 0.330 e. The van der Waals surface area contributed by atoms with Gasteiger partial charge in [0.25, 0.3) is 0 Å². The van der Waals surface area contributed by atoms with Gasteiger partial charge in [-0.05, 0) is 34.0 Å². The Hall–Kier alpha value is -0.870. The van der Waals surface area contributed by atoms with E-state index in [1.165, 1.54) is 0 Å². The quantitative estimate of drug-likeness (QED) is 0.799. The summed E-state index contributed by atoms with van der Waals surface area (Å²) in [5.74, 6) is -0.0660. The molecule has 0 spiro atoms. The lowest BCUT2D eigenvalue weighted by Crippen LogP contribution is -2.35. The van der Waals surface area contributed by atoms with Crippen LogP contribution >= 0.6 is 15.9 Å². The molecule has 1 aliphatic rings. The lowest BCUT2D eigenvalue weighted by molar-refractivity contribution is -0.119. The Morgan fingerprint density at radius 3 is 3.07 bits per heavy atom. The minimum Gasteiger partial charge on any atom is -0.330 e. The Bertz CT molecular complexity index is 378. The molecule has 0 aromatic heterocycles. The number of amides is 1. The van der Waals surface area contributed by atoms with Gasteiger partial charge in [-0.1, -0.05) is 12.1 Å². The van der Waals surface area contributed by atoms with Crippen LogP contribution in [0.25, 0.3) is 0 Å². The number of carbonyl (C=O) groups is 1. The Morgan fingerprint density at radius 1 is 1.57 bits per heavy atom. The van der Waals surface area contributed by atoms with Crippen LogP contribution in [0.2, 0.25) is 0 Å². The number of halogens is 1. The Morgan fingerprint density at radius 2 is 2.36 bits per heavy atom. The molecule has 0 aliphatic carbocycles. The molecule has 14 heavy (non-hydrogen) atoms. The van der Waals surface area contributed by atoms with Gasteiger partial charge in [-0.25, -0.2) is 0 Å². The van der Waals surface area contributed by atoms with E-state index in [9.17, 15) is 4.79 Å². The van der Waals surface area contributed by atoms with E-state index in [0.29, 0.717) is 6.54 Å². The first-order valence-corrected chi connectivity index (χ1v) is 5.30. The van der Waals surface area contributed by atoms with Crippen molar-refractivity contribution in [3.8, 4) is 0 Å². The second-order valence-corrected chi connectivity index (χ2v) is 4.25. The summed E-state index contributed by atoms with van der Waals surface area (Å²) in [5, 5.41) is 2.86. The molecule has 3 N–H and O–H groups in total. The van der Waals surface area contributed by atoms with Crippen molar-refractivity contribution in [2.45, 2.75) is 6.42 Å². The lowest BCUT2D eigenvalue weighted by Gasteiger charge is -2.24. The smallest absolute Gasteiger partial charge is 0.229 e. The average molecular weight is 255 g/mol. The first-order chi connectivity index (χ1) is 6.72. The molecule has 0 radical (unpaired) electrons. The molecule has 1 heterocycles. The van der Waals surface area contributed by atoms with Crippen LogP contribution in [0.5, 0.6) is 0 Å². The Kier molecular flexibility index (Phi) is 2.56. The minimum absolute atomic E-state index is 0.0203. The van der Waals surface area contributed by atoms with Gasteiger partial charge < -0.3 is 11.1 Å². The van der Waals surface area contributed by atoms with Crippen molar-refractivity contribution < 1.29 is 4.79 Å². The minimum atomic E-state index is -0.0863. The van der Waals surface area contributed by atoms with E-state index >= 15 is 0 Å². The molecule has 1 aliphatic heterocycles. The van der Waals surface area contributed by atoms with Crippen molar-refractivity contribution in [3.05, 3.63) is 28.2 Å². The van der Waals surface area contributed by atoms with Crippen LogP contribution in [0, 0.1) is 5.92 Å². The van der Waals surface area contributed by atoms with Gasteiger partial charge in [0, 0.05) is 11.0 Å². The molecule has 1 amide bonds. The van der Waals surface area contributed by atoms with Crippen molar-refractivity contribution in [1.82, 2.24) is 0 Å². The molecule has 3 nitrogen and oxygen atoms in total. The highest BCUT2D eigenvalue weighted by molar-refractivity contribution is 9.10. The molecule has 4 heteroatoms. The number of carbonyl (C=O) groups excluding carboxylic acids is 1. The van der Waals surface area contributed by atoms with Gasteiger partial charge in [-0.2, -0.15) is 0 Å². The van der Waals surface area contributed by atoms with E-state index in [2.05, 4.69) is 21.2 Å². The molecule has 2 rings (SSSR count). The van der Waals surface area contributed by atoms with Crippen LogP contribution in [0.1, 0.15) is 5.56 Å². The number of hydrogen-bond donors (Lipinski definition) is 2. The second-order valence-electron chi connectivity index (χ2n) is 3.40. The third-order valence-corrected chi connectivity index (χ3v) is 3.13. The van der Waals surface area contributed by atoms with E-state index in [4.69, 9.17) is 5.73 Å². The first-order valence-electron chi connectivity index (χ1n) is 4.50. The van der Waals surface area contributed by atoms with Gasteiger partial charge in [0.1, 0.15) is 0 Å². The monoisotopic (exact) mass is 254 g/mol. The van der Waals surface area contributed by atoms with Crippen LogP contribution in [0.3, 0.4) is 0 Å². The summed E-state index contributed by atoms with van der Waals surface area (Å²) in [6.07, 6.45) is 0.733. The van der Waals surface area contributed by atoms with E-state index < -0.39 is 0 Å². The third kappa shape index (κ3) is 1.55. The normalized spacial score (nSPS) is 20.1. The van der Waals surface area contributed by atoms with E-state index in [1.807, 2.05) is 18.2 Å². The molecule has 0 saturated heterocycles. The van der Waals surface area contributed by atoms with Crippen LogP contribution in [-0.4, -0.2) is 12.5 Å². The molecule has 74 valence electrons. The fraction of sp³-hybridized carbons (Fsp3) is 0.300. The average Bonchev–Trinajstić information content (AvgIpc) is 2.19. The number of hydrogen-bond acceptors (Lipinski definition) is 2. The van der Waals surface area contributed by atoms with Crippen molar-refractivity contribution in [3.63, 3.8) is 0 Å². The highest BCUT2D eigenvalue weighted by Crippen LogP contribution is 2.31. The SMILES string of the molecule is NCC1Cc2cccc(Br)c2NC1=O. The Labute approximate surface area is 90.8 Å². The Balaban J connectivity index is 2.40. The predicted octanol–water partition coefficient (Wildman–Crippen LogP) is 1.52. The zero-order chi connectivity index (χ0) is 10.1. The number of fused-ring (bicyclic) bond motifs is 1. The molecule has 0 saturated carbocycles. The number of nitrogens with two attached hydrogens (primary N) is 1. The topological polar surface area (TPSA) is 55.1 Å². The molecule has 1 unspecified atom stereocenters. The van der Waals surface area contributed by atoms with E-state index in [-0.39, 0.29) is 11.8 Å².